The number of hydrogen-bond acceptors (Lipinski definition) is 2. The van der Waals surface area contributed by atoms with Gasteiger partial charge in [0.15, 0.2) is 5.82 Å². The molecule has 4 aromatic heterocycles. The zero-order valence-electron chi connectivity index (χ0n) is 28.0. The van der Waals surface area contributed by atoms with Crippen molar-refractivity contribution >= 4 is 81.6 Å². The largest absolute Gasteiger partial charge is 0.308 e. The highest BCUT2D eigenvalue weighted by molar-refractivity contribution is 6.34. The van der Waals surface area contributed by atoms with Gasteiger partial charge in [0.1, 0.15) is 5.82 Å². The maximum Gasteiger partial charge on any atom is 0.162 e. The first kappa shape index (κ1) is 27.7. The molecular formula is C48H28N4. The molecule has 8 aromatic carbocycles. The lowest BCUT2D eigenvalue weighted by atomic mass is 10.0. The van der Waals surface area contributed by atoms with Gasteiger partial charge >= 0.3 is 0 Å². The quantitative estimate of drug-likeness (QED) is 0.189. The van der Waals surface area contributed by atoms with Crippen molar-refractivity contribution in [3.05, 3.63) is 170 Å². The van der Waals surface area contributed by atoms with E-state index in [2.05, 4.69) is 179 Å². The van der Waals surface area contributed by atoms with Crippen molar-refractivity contribution in [3.63, 3.8) is 0 Å². The molecule has 0 spiro atoms. The van der Waals surface area contributed by atoms with Crippen LogP contribution in [-0.2, 0) is 0 Å². The smallest absolute Gasteiger partial charge is 0.162 e. The van der Waals surface area contributed by atoms with Crippen LogP contribution in [0.3, 0.4) is 0 Å². The van der Waals surface area contributed by atoms with Crippen LogP contribution < -0.4 is 0 Å². The van der Waals surface area contributed by atoms with Crippen LogP contribution in [0.5, 0.6) is 0 Å². The fourth-order valence-corrected chi connectivity index (χ4v) is 8.74. The number of hydrogen-bond donors (Lipinski definition) is 0. The van der Waals surface area contributed by atoms with Crippen molar-refractivity contribution in [2.75, 3.05) is 0 Å². The van der Waals surface area contributed by atoms with Crippen molar-refractivity contribution in [2.24, 2.45) is 0 Å². The minimum atomic E-state index is 0.705. The summed E-state index contributed by atoms with van der Waals surface area (Å²) in [6, 6.07) is 61.0. The predicted molar refractivity (Wildman–Crippen MR) is 217 cm³/mol. The van der Waals surface area contributed by atoms with E-state index in [0.717, 1.165) is 33.4 Å². The Labute approximate surface area is 297 Å². The second kappa shape index (κ2) is 10.3. The van der Waals surface area contributed by atoms with E-state index in [-0.39, 0.29) is 0 Å². The minimum absolute atomic E-state index is 0.705. The summed E-state index contributed by atoms with van der Waals surface area (Å²) in [5.41, 5.74) is 10.2. The molecule has 12 aromatic rings. The van der Waals surface area contributed by atoms with Gasteiger partial charge in [0, 0.05) is 43.3 Å². The van der Waals surface area contributed by atoms with Crippen LogP contribution in [0.25, 0.3) is 110 Å². The van der Waals surface area contributed by atoms with Gasteiger partial charge in [-0.05, 0) is 70.4 Å². The highest BCUT2D eigenvalue weighted by Gasteiger charge is 2.26. The maximum atomic E-state index is 5.50. The Morgan fingerprint density at radius 2 is 1.02 bits per heavy atom. The van der Waals surface area contributed by atoms with Gasteiger partial charge in [-0.15, -0.1) is 0 Å². The molecule has 4 heterocycles. The third kappa shape index (κ3) is 3.70. The molecule has 0 aliphatic rings. The molecule has 12 rings (SSSR count). The molecule has 240 valence electrons. The van der Waals surface area contributed by atoms with Gasteiger partial charge in [0.25, 0.3) is 0 Å². The first-order chi connectivity index (χ1) is 25.8. The third-order valence-electron chi connectivity index (χ3n) is 11.0. The summed E-state index contributed by atoms with van der Waals surface area (Å²) in [6.07, 6.45) is 0. The molecule has 0 atom stereocenters. The molecule has 4 heteroatoms. The number of rotatable bonds is 3. The lowest BCUT2D eigenvalue weighted by molar-refractivity contribution is 1.08. The van der Waals surface area contributed by atoms with Crippen LogP contribution in [-0.4, -0.2) is 18.9 Å². The van der Waals surface area contributed by atoms with E-state index in [0.29, 0.717) is 5.82 Å². The molecule has 0 saturated carbocycles. The van der Waals surface area contributed by atoms with Crippen LogP contribution in [0.15, 0.2) is 170 Å². The van der Waals surface area contributed by atoms with Gasteiger partial charge in [-0.2, -0.15) is 0 Å². The molecular weight excluding hydrogens is 633 g/mol. The predicted octanol–water partition coefficient (Wildman–Crippen LogP) is 12.4. The number of benzene rings is 8. The molecule has 0 bridgehead atoms. The van der Waals surface area contributed by atoms with Gasteiger partial charge in [0.2, 0.25) is 0 Å². The first-order valence-electron chi connectivity index (χ1n) is 17.8. The van der Waals surface area contributed by atoms with E-state index in [4.69, 9.17) is 9.97 Å². The summed E-state index contributed by atoms with van der Waals surface area (Å²) in [6.45, 7) is 0. The highest BCUT2D eigenvalue weighted by atomic mass is 15.1. The zero-order chi connectivity index (χ0) is 33.9. The minimum Gasteiger partial charge on any atom is -0.308 e. The number of aromatic nitrogens is 4. The lowest BCUT2D eigenvalue weighted by Crippen LogP contribution is -2.03. The van der Waals surface area contributed by atoms with Gasteiger partial charge < -0.3 is 4.40 Å². The fourth-order valence-electron chi connectivity index (χ4n) is 8.74. The van der Waals surface area contributed by atoms with E-state index in [9.17, 15) is 0 Å². The van der Waals surface area contributed by atoms with Gasteiger partial charge in [-0.25, -0.2) is 9.97 Å². The lowest BCUT2D eigenvalue weighted by Gasteiger charge is -2.14. The molecule has 0 radical (unpaired) electrons. The summed E-state index contributed by atoms with van der Waals surface area (Å²) < 4.78 is 4.90. The van der Waals surface area contributed by atoms with Crippen LogP contribution in [0.4, 0.5) is 0 Å². The topological polar surface area (TPSA) is 35.1 Å². The van der Waals surface area contributed by atoms with E-state index >= 15 is 0 Å². The molecule has 0 N–H and O–H groups in total. The summed E-state index contributed by atoms with van der Waals surface area (Å²) in [7, 11) is 0. The summed E-state index contributed by atoms with van der Waals surface area (Å²) >= 11 is 0. The van der Waals surface area contributed by atoms with E-state index < -0.39 is 0 Å². The fraction of sp³-hybridized carbons (Fsp3) is 0. The molecule has 4 nitrogen and oxygen atoms in total. The normalized spacial score (nSPS) is 12.2. The van der Waals surface area contributed by atoms with E-state index in [1.165, 1.54) is 70.7 Å². The van der Waals surface area contributed by atoms with Crippen molar-refractivity contribution in [2.45, 2.75) is 0 Å². The summed E-state index contributed by atoms with van der Waals surface area (Å²) in [5, 5.41) is 11.0. The van der Waals surface area contributed by atoms with Crippen molar-refractivity contribution in [1.29, 1.82) is 0 Å². The Kier molecular flexibility index (Phi) is 5.47. The van der Waals surface area contributed by atoms with E-state index in [1.54, 1.807) is 0 Å². The van der Waals surface area contributed by atoms with Crippen LogP contribution in [0, 0.1) is 0 Å². The Hall–Kier alpha value is -7.04. The molecule has 52 heavy (non-hydrogen) atoms. The molecule has 0 aliphatic carbocycles. The van der Waals surface area contributed by atoms with E-state index in [1.807, 2.05) is 0 Å². The summed E-state index contributed by atoms with van der Waals surface area (Å²) in [5.74, 6) is 1.58. The van der Waals surface area contributed by atoms with Crippen molar-refractivity contribution in [1.82, 2.24) is 18.9 Å². The SMILES string of the molecule is c1ccc(-c2cccc(-c3nc(-n4c5ccccc5c5cc6c7cc8ccccc8cc7n7c8ccccc8c(c54)c67)c4ccccc4n3)c2)cc1. The number of nitrogens with zero attached hydrogens (tertiary/aromatic N) is 4. The monoisotopic (exact) mass is 660 g/mol. The van der Waals surface area contributed by atoms with Gasteiger partial charge in [-0.3, -0.25) is 4.57 Å². The second-order valence-corrected chi connectivity index (χ2v) is 13.8. The van der Waals surface area contributed by atoms with Gasteiger partial charge in [-0.1, -0.05) is 121 Å². The maximum absolute atomic E-state index is 5.50. The average Bonchev–Trinajstić information content (AvgIpc) is 3.84. The van der Waals surface area contributed by atoms with Gasteiger partial charge in [0.05, 0.1) is 33.1 Å². The Bertz CT molecular complexity index is 3410. The Balaban J connectivity index is 1.25. The highest BCUT2D eigenvalue weighted by Crippen LogP contribution is 2.47. The Morgan fingerprint density at radius 1 is 0.365 bits per heavy atom. The average molecular weight is 661 g/mol. The molecule has 0 fully saturated rings. The molecule has 0 saturated heterocycles. The number of fused-ring (bicyclic) bond motifs is 12. The molecule has 0 aliphatic heterocycles. The second-order valence-electron chi connectivity index (χ2n) is 13.8. The third-order valence-corrected chi connectivity index (χ3v) is 11.0. The van der Waals surface area contributed by atoms with Crippen LogP contribution in [0.2, 0.25) is 0 Å². The molecule has 0 amide bonds. The van der Waals surface area contributed by atoms with Crippen LogP contribution in [0.1, 0.15) is 0 Å². The molecule has 0 unspecified atom stereocenters. The zero-order valence-corrected chi connectivity index (χ0v) is 28.0. The van der Waals surface area contributed by atoms with Crippen molar-refractivity contribution in [3.8, 4) is 28.3 Å². The summed E-state index contributed by atoms with van der Waals surface area (Å²) in [4.78, 5) is 10.7. The van der Waals surface area contributed by atoms with Crippen LogP contribution >= 0.6 is 0 Å². The standard InChI is InChI=1S/C48H28N4/c1-2-13-29(14-3-1)30-17-12-18-33(25-30)47-49-40-22-9-6-20-35(40)48(50-47)52-41-23-10-7-19-34(41)38-28-39-37-26-31-15-4-5-16-32(31)27-43(37)51-42-24-11-8-21-36(42)44(45(39)51)46(38)52/h1-28H. The Morgan fingerprint density at radius 3 is 1.88 bits per heavy atom. The number of para-hydroxylation sites is 3. The van der Waals surface area contributed by atoms with Crippen molar-refractivity contribution < 1.29 is 0 Å². The first-order valence-corrected chi connectivity index (χ1v) is 17.8.